The van der Waals surface area contributed by atoms with Gasteiger partial charge in [0.2, 0.25) is 0 Å². The molecule has 0 aliphatic heterocycles. The van der Waals surface area contributed by atoms with E-state index in [1.54, 1.807) is 0 Å². The van der Waals surface area contributed by atoms with Gasteiger partial charge in [-0.3, -0.25) is 4.79 Å². The van der Waals surface area contributed by atoms with Gasteiger partial charge in [0.05, 0.1) is 13.2 Å². The molecule has 0 heterocycles. The van der Waals surface area contributed by atoms with Gasteiger partial charge in [-0.25, -0.2) is 0 Å². The van der Waals surface area contributed by atoms with Crippen LogP contribution in [0.2, 0.25) is 18.1 Å². The highest BCUT2D eigenvalue weighted by Crippen LogP contribution is 2.67. The molecule has 0 saturated heterocycles. The van der Waals surface area contributed by atoms with Crippen LogP contribution in [0.3, 0.4) is 0 Å². The molecule has 1 fully saturated rings. The minimum atomic E-state index is -2.15. The Bertz CT molecular complexity index is 1260. The predicted octanol–water partition coefficient (Wildman–Crippen LogP) is 7.70. The number of hydrogen-bond donors (Lipinski definition) is 0. The number of carbonyl (C=O) groups is 1. The van der Waals surface area contributed by atoms with Gasteiger partial charge < -0.3 is 9.16 Å². The van der Waals surface area contributed by atoms with Crippen LogP contribution < -0.4 is 0 Å². The van der Waals surface area contributed by atoms with Crippen molar-refractivity contribution in [3.05, 3.63) is 113 Å². The maximum absolute atomic E-state index is 13.6. The highest BCUT2D eigenvalue weighted by Gasteiger charge is 2.67. The van der Waals surface area contributed by atoms with Crippen LogP contribution in [-0.2, 0) is 19.4 Å². The van der Waals surface area contributed by atoms with E-state index < -0.39 is 13.7 Å². The van der Waals surface area contributed by atoms with E-state index in [2.05, 4.69) is 101 Å². The molecule has 0 aromatic heterocycles. The van der Waals surface area contributed by atoms with Crippen LogP contribution >= 0.6 is 0 Å². The second-order valence-electron chi connectivity index (χ2n) is 11.6. The largest absolute Gasteiger partial charge is 0.468 e. The molecule has 0 N–H and O–H groups in total. The third-order valence-electron chi connectivity index (χ3n) is 8.65. The average Bonchev–Trinajstić information content (AvgIpc) is 3.06. The molecule has 5 rings (SSSR count). The van der Waals surface area contributed by atoms with Gasteiger partial charge in [-0.15, -0.1) is 0 Å². The Morgan fingerprint density at radius 3 is 1.92 bits per heavy atom. The zero-order valence-electron chi connectivity index (χ0n) is 22.2. The zero-order chi connectivity index (χ0) is 25.7. The van der Waals surface area contributed by atoms with E-state index in [9.17, 15) is 4.79 Å². The maximum Gasteiger partial charge on any atom is 0.317 e. The minimum Gasteiger partial charge on any atom is -0.468 e. The van der Waals surface area contributed by atoms with E-state index in [4.69, 9.17) is 9.16 Å². The fraction of sp³-hybridized carbons (Fsp3) is 0.344. The summed E-state index contributed by atoms with van der Waals surface area (Å²) in [5.74, 6) is -0.266. The van der Waals surface area contributed by atoms with Gasteiger partial charge in [-0.1, -0.05) is 111 Å². The number of esters is 1. The number of fused-ring (bicyclic) bond motifs is 3. The van der Waals surface area contributed by atoms with Crippen molar-refractivity contribution in [3.63, 3.8) is 0 Å². The molecule has 0 bridgehead atoms. The zero-order valence-corrected chi connectivity index (χ0v) is 23.2. The summed E-state index contributed by atoms with van der Waals surface area (Å²) in [4.78, 5) is 13.6. The predicted molar refractivity (Wildman–Crippen MR) is 148 cm³/mol. The summed E-state index contributed by atoms with van der Waals surface area (Å²) in [6.45, 7) is 11.4. The fourth-order valence-corrected chi connectivity index (χ4v) is 7.08. The molecule has 0 amide bonds. The summed E-state index contributed by atoms with van der Waals surface area (Å²) >= 11 is 0. The van der Waals surface area contributed by atoms with Gasteiger partial charge in [0, 0.05) is 5.92 Å². The second kappa shape index (κ2) is 8.86. The average molecular weight is 497 g/mol. The lowest BCUT2D eigenvalue weighted by Crippen LogP contribution is -2.53. The third-order valence-corrected chi connectivity index (χ3v) is 13.1. The van der Waals surface area contributed by atoms with E-state index >= 15 is 0 Å². The summed E-state index contributed by atoms with van der Waals surface area (Å²) in [5, 5.41) is 0.0494. The number of carbonyl (C=O) groups excluding carboxylic acids is 1. The van der Waals surface area contributed by atoms with Crippen LogP contribution in [0.5, 0.6) is 0 Å². The Morgan fingerprint density at radius 2 is 1.39 bits per heavy atom. The summed E-state index contributed by atoms with van der Waals surface area (Å²) < 4.78 is 12.7. The first-order chi connectivity index (χ1) is 17.1. The van der Waals surface area contributed by atoms with Crippen molar-refractivity contribution in [2.75, 3.05) is 7.11 Å². The number of benzene rings is 3. The van der Waals surface area contributed by atoms with Gasteiger partial charge in [0.15, 0.2) is 8.32 Å². The number of rotatable bonds is 5. The van der Waals surface area contributed by atoms with Crippen molar-refractivity contribution in [3.8, 4) is 0 Å². The van der Waals surface area contributed by atoms with Crippen molar-refractivity contribution in [1.29, 1.82) is 0 Å². The molecular weight excluding hydrogens is 460 g/mol. The first kappa shape index (κ1) is 24.7. The van der Waals surface area contributed by atoms with Crippen molar-refractivity contribution in [1.82, 2.24) is 0 Å². The first-order valence-electron chi connectivity index (χ1n) is 12.8. The highest BCUT2D eigenvalue weighted by atomic mass is 28.4. The Labute approximate surface area is 216 Å². The van der Waals surface area contributed by atoms with Gasteiger partial charge in [0.25, 0.3) is 0 Å². The normalized spacial score (nSPS) is 22.9. The molecule has 3 nitrogen and oxygen atoms in total. The van der Waals surface area contributed by atoms with E-state index in [0.717, 1.165) is 11.1 Å². The minimum absolute atomic E-state index is 0.0494. The SMILES string of the molecule is COC(=O)[C@@]12CC(=C(c3ccccc3)c3ccccc3)[C@@H]1[C@@H](O[Si](C)(C)C(C)(C)C)c1ccccc12. The molecule has 3 aromatic rings. The standard InChI is InChI=1S/C32H36O3Si/c1-31(2,3)36(5,6)35-29-24-19-13-14-20-26(24)32(30(33)34-4)21-25(28(29)32)27(22-15-9-7-10-16-22)23-17-11-8-12-18-23/h7-20,28-29H,21H2,1-6H3/t28-,29+,32-/m1/s1. The second-order valence-corrected chi connectivity index (χ2v) is 16.4. The lowest BCUT2D eigenvalue weighted by atomic mass is 9.54. The van der Waals surface area contributed by atoms with E-state index in [-0.39, 0.29) is 23.0 Å². The highest BCUT2D eigenvalue weighted by molar-refractivity contribution is 6.74. The van der Waals surface area contributed by atoms with Crippen LogP contribution in [0, 0.1) is 5.92 Å². The molecule has 0 radical (unpaired) electrons. The van der Waals surface area contributed by atoms with Crippen LogP contribution in [-0.4, -0.2) is 21.4 Å². The van der Waals surface area contributed by atoms with Crippen LogP contribution in [0.15, 0.2) is 90.5 Å². The number of hydrogen-bond acceptors (Lipinski definition) is 3. The Hall–Kier alpha value is -2.95. The fourth-order valence-electron chi connectivity index (χ4n) is 5.83. The summed E-state index contributed by atoms with van der Waals surface area (Å²) in [6.07, 6.45) is 0.449. The lowest BCUT2D eigenvalue weighted by Gasteiger charge is -2.50. The monoisotopic (exact) mass is 496 g/mol. The number of ether oxygens (including phenoxy) is 1. The molecule has 2 aliphatic rings. The van der Waals surface area contributed by atoms with Gasteiger partial charge in [-0.2, -0.15) is 0 Å². The lowest BCUT2D eigenvalue weighted by molar-refractivity contribution is -0.153. The third kappa shape index (κ3) is 3.70. The van der Waals surface area contributed by atoms with Gasteiger partial charge in [-0.05, 0) is 52.4 Å². The molecule has 4 heteroatoms. The molecule has 3 atom stereocenters. The molecule has 186 valence electrons. The topological polar surface area (TPSA) is 35.5 Å². The van der Waals surface area contributed by atoms with Gasteiger partial charge in [0.1, 0.15) is 5.41 Å². The summed E-state index contributed by atoms with van der Waals surface area (Å²) in [5.41, 5.74) is 6.29. The van der Waals surface area contributed by atoms with Gasteiger partial charge >= 0.3 is 5.97 Å². The quantitative estimate of drug-likeness (QED) is 0.268. The maximum atomic E-state index is 13.6. The van der Waals surface area contributed by atoms with Crippen molar-refractivity contribution in [2.24, 2.45) is 5.92 Å². The summed E-state index contributed by atoms with van der Waals surface area (Å²) in [7, 11) is -0.642. The Balaban J connectivity index is 1.76. The molecule has 3 aromatic carbocycles. The van der Waals surface area contributed by atoms with E-state index in [0.29, 0.717) is 6.42 Å². The van der Waals surface area contributed by atoms with Crippen LogP contribution in [0.4, 0.5) is 0 Å². The van der Waals surface area contributed by atoms with Crippen molar-refractivity contribution >= 4 is 19.9 Å². The molecule has 36 heavy (non-hydrogen) atoms. The smallest absolute Gasteiger partial charge is 0.317 e. The molecule has 0 unspecified atom stereocenters. The summed E-state index contributed by atoms with van der Waals surface area (Å²) in [6, 6.07) is 29.4. The number of methoxy groups -OCH3 is 1. The Kier molecular flexibility index (Phi) is 6.09. The molecule has 2 aliphatic carbocycles. The van der Waals surface area contributed by atoms with Crippen molar-refractivity contribution < 1.29 is 14.0 Å². The van der Waals surface area contributed by atoms with Crippen LogP contribution in [0.1, 0.15) is 55.5 Å². The molecule has 0 spiro atoms. The first-order valence-corrected chi connectivity index (χ1v) is 15.7. The van der Waals surface area contributed by atoms with E-state index in [1.165, 1.54) is 29.4 Å². The van der Waals surface area contributed by atoms with E-state index in [1.807, 2.05) is 18.2 Å². The van der Waals surface area contributed by atoms with Crippen molar-refractivity contribution in [2.45, 2.75) is 56.8 Å². The Morgan fingerprint density at radius 1 is 0.861 bits per heavy atom. The molecular formula is C32H36O3Si. The van der Waals surface area contributed by atoms with Crippen LogP contribution in [0.25, 0.3) is 5.57 Å². The molecule has 1 saturated carbocycles.